The van der Waals surface area contributed by atoms with Gasteiger partial charge in [0.15, 0.2) is 0 Å². The number of likely N-dealkylation sites (N-methyl/N-ethyl adjacent to an activating group) is 1. The van der Waals surface area contributed by atoms with Crippen molar-refractivity contribution in [3.05, 3.63) is 34.9 Å². The van der Waals surface area contributed by atoms with Crippen LogP contribution in [0.2, 0.25) is 0 Å². The number of fused-ring (bicyclic) bond motifs is 1. The molecule has 0 unspecified atom stereocenters. The van der Waals surface area contributed by atoms with E-state index in [0.29, 0.717) is 28.1 Å². The Hall–Kier alpha value is -2.67. The molecule has 28 heavy (non-hydrogen) atoms. The fourth-order valence-electron chi connectivity index (χ4n) is 4.17. The second-order valence-electron chi connectivity index (χ2n) is 7.67. The minimum Gasteiger partial charge on any atom is -0.466 e. The molecule has 1 fully saturated rings. The van der Waals surface area contributed by atoms with Crippen LogP contribution in [0.15, 0.2) is 21.1 Å². The minimum atomic E-state index is -0.498. The summed E-state index contributed by atoms with van der Waals surface area (Å²) in [6, 6.07) is 3.49. The predicted octanol–water partition coefficient (Wildman–Crippen LogP) is 3.78. The van der Waals surface area contributed by atoms with Crippen LogP contribution < -0.4 is 0 Å². The highest BCUT2D eigenvalue weighted by atomic mass is 16.5. The van der Waals surface area contributed by atoms with Gasteiger partial charge in [0, 0.05) is 12.6 Å². The summed E-state index contributed by atoms with van der Waals surface area (Å²) < 4.78 is 11.0. The summed E-state index contributed by atoms with van der Waals surface area (Å²) >= 11 is 0. The first kappa shape index (κ1) is 18.7. The topological polar surface area (TPSA) is 92.6 Å². The summed E-state index contributed by atoms with van der Waals surface area (Å²) in [6.07, 6.45) is 3.03. The summed E-state index contributed by atoms with van der Waals surface area (Å²) in [4.78, 5) is 19.6. The van der Waals surface area contributed by atoms with Gasteiger partial charge in [0.05, 0.1) is 34.5 Å². The maximum Gasteiger partial charge on any atom is 0.259 e. The molecule has 0 bridgehead atoms. The molecule has 7 nitrogen and oxygen atoms in total. The smallest absolute Gasteiger partial charge is 0.259 e. The van der Waals surface area contributed by atoms with Gasteiger partial charge in [-0.3, -0.25) is 4.79 Å². The van der Waals surface area contributed by atoms with Gasteiger partial charge in [-0.15, -0.1) is 0 Å². The Morgan fingerprint density at radius 1 is 1.21 bits per heavy atom. The molecule has 3 aromatic heterocycles. The van der Waals surface area contributed by atoms with Crippen molar-refractivity contribution in [1.29, 1.82) is 0 Å². The van der Waals surface area contributed by atoms with Gasteiger partial charge in [0.1, 0.15) is 11.5 Å². The first-order chi connectivity index (χ1) is 13.4. The van der Waals surface area contributed by atoms with Crippen molar-refractivity contribution in [2.45, 2.75) is 58.6 Å². The van der Waals surface area contributed by atoms with Crippen molar-refractivity contribution < 1.29 is 18.8 Å². The van der Waals surface area contributed by atoms with Gasteiger partial charge < -0.3 is 18.9 Å². The highest BCUT2D eigenvalue weighted by Crippen LogP contribution is 2.32. The number of hydrogen-bond donors (Lipinski definition) is 1. The molecule has 7 heteroatoms. The molecule has 3 aromatic rings. The van der Waals surface area contributed by atoms with E-state index in [0.717, 1.165) is 42.8 Å². The van der Waals surface area contributed by atoms with Gasteiger partial charge in [-0.1, -0.05) is 18.0 Å². The molecule has 1 N–H and O–H groups in total. The standard InChI is InChI=1S/C21H25N3O4/c1-11-9-14(13(3)27-11)16-10-15(19-12(2)23-28-20(19)22-16)21(26)24(4)17-7-5-6-8-18(17)25/h9-10,17-18,25H,5-8H2,1-4H3/t17-,18-/m1/s1. The Morgan fingerprint density at radius 3 is 2.64 bits per heavy atom. The number of pyridine rings is 1. The Kier molecular flexibility index (Phi) is 4.71. The molecule has 1 saturated carbocycles. The van der Waals surface area contributed by atoms with Crippen LogP contribution in [-0.4, -0.2) is 45.2 Å². The van der Waals surface area contributed by atoms with Gasteiger partial charge in [-0.05, 0) is 45.7 Å². The van der Waals surface area contributed by atoms with E-state index in [1.807, 2.05) is 19.9 Å². The quantitative estimate of drug-likeness (QED) is 0.740. The number of aliphatic hydroxyl groups excluding tert-OH is 1. The van der Waals surface area contributed by atoms with Crippen LogP contribution in [0.3, 0.4) is 0 Å². The lowest BCUT2D eigenvalue weighted by atomic mass is 9.91. The Labute approximate surface area is 163 Å². The van der Waals surface area contributed by atoms with Gasteiger partial charge in [0.2, 0.25) is 0 Å². The molecule has 1 aliphatic carbocycles. The number of rotatable bonds is 3. The van der Waals surface area contributed by atoms with E-state index in [-0.39, 0.29) is 11.9 Å². The number of amides is 1. The SMILES string of the molecule is Cc1cc(-c2cc(C(=O)N(C)[C@@H]3CCCC[C@H]3O)c3c(C)noc3n2)c(C)o1. The molecular weight excluding hydrogens is 358 g/mol. The van der Waals surface area contributed by atoms with Gasteiger partial charge in [-0.2, -0.15) is 0 Å². The Bertz CT molecular complexity index is 1040. The highest BCUT2D eigenvalue weighted by Gasteiger charge is 2.32. The fourth-order valence-corrected chi connectivity index (χ4v) is 4.17. The second kappa shape index (κ2) is 7.05. The summed E-state index contributed by atoms with van der Waals surface area (Å²) in [5.41, 5.74) is 2.86. The lowest BCUT2D eigenvalue weighted by Gasteiger charge is -2.35. The third-order valence-electron chi connectivity index (χ3n) is 5.68. The third-order valence-corrected chi connectivity index (χ3v) is 5.68. The molecule has 3 heterocycles. The van der Waals surface area contributed by atoms with Gasteiger partial charge in [0.25, 0.3) is 11.6 Å². The first-order valence-electron chi connectivity index (χ1n) is 9.66. The van der Waals surface area contributed by atoms with Crippen LogP contribution in [0.25, 0.3) is 22.4 Å². The number of carbonyl (C=O) groups is 1. The minimum absolute atomic E-state index is 0.163. The molecule has 0 radical (unpaired) electrons. The zero-order valence-corrected chi connectivity index (χ0v) is 16.7. The number of aromatic nitrogens is 2. The number of furan rings is 1. The van der Waals surface area contributed by atoms with E-state index < -0.39 is 6.10 Å². The molecule has 1 amide bonds. The summed E-state index contributed by atoms with van der Waals surface area (Å²) in [5.74, 6) is 1.34. The Balaban J connectivity index is 1.81. The van der Waals surface area contributed by atoms with Crippen LogP contribution in [0, 0.1) is 20.8 Å². The maximum atomic E-state index is 13.4. The number of carbonyl (C=O) groups excluding carboxylic acids is 1. The number of aliphatic hydroxyl groups is 1. The second-order valence-corrected chi connectivity index (χ2v) is 7.67. The molecule has 0 saturated heterocycles. The van der Waals surface area contributed by atoms with E-state index in [1.54, 1.807) is 24.9 Å². The lowest BCUT2D eigenvalue weighted by molar-refractivity contribution is 0.0269. The largest absolute Gasteiger partial charge is 0.466 e. The van der Waals surface area contributed by atoms with Crippen LogP contribution in [0.1, 0.15) is 53.3 Å². The van der Waals surface area contributed by atoms with E-state index >= 15 is 0 Å². The van der Waals surface area contributed by atoms with E-state index in [9.17, 15) is 9.90 Å². The van der Waals surface area contributed by atoms with Crippen molar-refractivity contribution in [3.8, 4) is 11.3 Å². The average Bonchev–Trinajstić information content (AvgIpc) is 3.22. The molecule has 148 valence electrons. The first-order valence-corrected chi connectivity index (χ1v) is 9.66. The van der Waals surface area contributed by atoms with Crippen molar-refractivity contribution >= 4 is 17.0 Å². The highest BCUT2D eigenvalue weighted by molar-refractivity contribution is 6.07. The van der Waals surface area contributed by atoms with Crippen LogP contribution in [0.5, 0.6) is 0 Å². The zero-order valence-electron chi connectivity index (χ0n) is 16.7. The van der Waals surface area contributed by atoms with Crippen molar-refractivity contribution in [2.24, 2.45) is 0 Å². The summed E-state index contributed by atoms with van der Waals surface area (Å²) in [6.45, 7) is 5.54. The van der Waals surface area contributed by atoms with E-state index in [2.05, 4.69) is 10.1 Å². The zero-order chi connectivity index (χ0) is 20.0. The number of hydrogen-bond acceptors (Lipinski definition) is 6. The van der Waals surface area contributed by atoms with Crippen LogP contribution in [0.4, 0.5) is 0 Å². The fraction of sp³-hybridized carbons (Fsp3) is 0.476. The van der Waals surface area contributed by atoms with Crippen molar-refractivity contribution in [1.82, 2.24) is 15.0 Å². The van der Waals surface area contributed by atoms with Crippen LogP contribution >= 0.6 is 0 Å². The van der Waals surface area contributed by atoms with Gasteiger partial charge in [-0.25, -0.2) is 4.98 Å². The van der Waals surface area contributed by atoms with E-state index in [4.69, 9.17) is 8.94 Å². The molecule has 4 rings (SSSR count). The van der Waals surface area contributed by atoms with Crippen LogP contribution in [-0.2, 0) is 0 Å². The Morgan fingerprint density at radius 2 is 1.96 bits per heavy atom. The lowest BCUT2D eigenvalue weighted by Crippen LogP contribution is -2.46. The van der Waals surface area contributed by atoms with Crippen molar-refractivity contribution in [3.63, 3.8) is 0 Å². The summed E-state index contributed by atoms with van der Waals surface area (Å²) in [7, 11) is 1.75. The number of aryl methyl sites for hydroxylation is 3. The maximum absolute atomic E-state index is 13.4. The molecule has 0 spiro atoms. The molecular formula is C21H25N3O4. The number of nitrogens with zero attached hydrogens (tertiary/aromatic N) is 3. The molecule has 0 aromatic carbocycles. The van der Waals surface area contributed by atoms with Crippen molar-refractivity contribution in [2.75, 3.05) is 7.05 Å². The molecule has 1 aliphatic rings. The predicted molar refractivity (Wildman–Crippen MR) is 104 cm³/mol. The summed E-state index contributed by atoms with van der Waals surface area (Å²) in [5, 5.41) is 15.0. The third kappa shape index (κ3) is 3.09. The molecule has 2 atom stereocenters. The average molecular weight is 383 g/mol. The van der Waals surface area contributed by atoms with E-state index in [1.165, 1.54) is 0 Å². The normalized spacial score (nSPS) is 19.9. The van der Waals surface area contributed by atoms with Gasteiger partial charge >= 0.3 is 0 Å². The monoisotopic (exact) mass is 383 g/mol. The molecule has 0 aliphatic heterocycles.